The first-order valence-electron chi connectivity index (χ1n) is 8.15. The van der Waals surface area contributed by atoms with E-state index in [0.29, 0.717) is 18.1 Å². The molecule has 0 radical (unpaired) electrons. The van der Waals surface area contributed by atoms with Gasteiger partial charge in [-0.25, -0.2) is 9.97 Å². The molecule has 1 fully saturated rings. The molecule has 1 aliphatic rings. The monoisotopic (exact) mass is 316 g/mol. The van der Waals surface area contributed by atoms with E-state index in [1.165, 1.54) is 19.3 Å². The second kappa shape index (κ2) is 6.58. The molecule has 1 atom stereocenters. The average molecular weight is 316 g/mol. The molecule has 0 saturated carbocycles. The summed E-state index contributed by atoms with van der Waals surface area (Å²) in [4.78, 5) is 10.9. The lowest BCUT2D eigenvalue weighted by Gasteiger charge is -2.28. The lowest BCUT2D eigenvalue weighted by atomic mass is 10.0. The summed E-state index contributed by atoms with van der Waals surface area (Å²) in [6.07, 6.45) is 5.27. The van der Waals surface area contributed by atoms with Crippen molar-refractivity contribution in [2.45, 2.75) is 38.7 Å². The maximum atomic E-state index is 10.6. The Bertz CT molecular complexity index is 648. The third-order valence-electron chi connectivity index (χ3n) is 4.22. The van der Waals surface area contributed by atoms with E-state index in [2.05, 4.69) is 20.2 Å². The molecule has 3 rings (SSSR count). The van der Waals surface area contributed by atoms with Crippen LogP contribution in [-0.2, 0) is 5.60 Å². The van der Waals surface area contributed by atoms with Crippen LogP contribution in [0.4, 0.5) is 11.6 Å². The molecule has 0 bridgehead atoms. The topological polar surface area (TPSA) is 74.4 Å². The second-order valence-electron chi connectivity index (χ2n) is 6.35. The van der Waals surface area contributed by atoms with Crippen LogP contribution in [0, 0.1) is 6.92 Å². The van der Waals surface area contributed by atoms with Crippen molar-refractivity contribution in [2.24, 2.45) is 0 Å². The van der Waals surface area contributed by atoms with E-state index in [-0.39, 0.29) is 0 Å². The van der Waals surface area contributed by atoms with Crippen molar-refractivity contribution in [3.8, 4) is 0 Å². The molecule has 0 aliphatic carbocycles. The highest BCUT2D eigenvalue weighted by Gasteiger charge is 2.26. The molecule has 2 aromatic heterocycles. The minimum atomic E-state index is -1.09. The van der Waals surface area contributed by atoms with Gasteiger partial charge in [0, 0.05) is 19.2 Å². The predicted octanol–water partition coefficient (Wildman–Crippen LogP) is 2.69. The summed E-state index contributed by atoms with van der Waals surface area (Å²) < 4.78 is 5.52. The number of furan rings is 1. The molecule has 0 spiro atoms. The highest BCUT2D eigenvalue weighted by molar-refractivity contribution is 5.48. The van der Waals surface area contributed by atoms with E-state index >= 15 is 0 Å². The molecule has 1 unspecified atom stereocenters. The van der Waals surface area contributed by atoms with Crippen molar-refractivity contribution in [1.82, 2.24) is 9.97 Å². The van der Waals surface area contributed by atoms with Gasteiger partial charge in [-0.1, -0.05) is 0 Å². The minimum absolute atomic E-state index is 0.316. The standard InChI is InChI=1S/C17H24N4O2/c1-13-6-7-14(23-13)17(2,22)11-18-15-10-16(20-12-19-15)21-8-4-3-5-9-21/h6-7,10,12,22H,3-5,8-9,11H2,1-2H3,(H,18,19,20). The Labute approximate surface area is 136 Å². The number of hydrogen-bond donors (Lipinski definition) is 2. The SMILES string of the molecule is Cc1ccc(C(C)(O)CNc2cc(N3CCCCC3)ncn2)o1. The number of aliphatic hydroxyl groups is 1. The predicted molar refractivity (Wildman–Crippen MR) is 89.6 cm³/mol. The maximum Gasteiger partial charge on any atom is 0.137 e. The summed E-state index contributed by atoms with van der Waals surface area (Å²) in [6, 6.07) is 5.59. The molecular weight excluding hydrogens is 292 g/mol. The third kappa shape index (κ3) is 3.82. The van der Waals surface area contributed by atoms with E-state index in [4.69, 9.17) is 4.42 Å². The van der Waals surface area contributed by atoms with Crippen LogP contribution < -0.4 is 10.2 Å². The highest BCUT2D eigenvalue weighted by atomic mass is 16.4. The van der Waals surface area contributed by atoms with Crippen LogP contribution in [0.1, 0.15) is 37.7 Å². The first-order chi connectivity index (χ1) is 11.0. The molecule has 6 nitrogen and oxygen atoms in total. The molecule has 124 valence electrons. The molecule has 0 aromatic carbocycles. The van der Waals surface area contributed by atoms with Gasteiger partial charge in [0.05, 0.1) is 6.54 Å². The van der Waals surface area contributed by atoms with E-state index in [0.717, 1.165) is 24.7 Å². The number of nitrogens with zero attached hydrogens (tertiary/aromatic N) is 3. The van der Waals surface area contributed by atoms with Gasteiger partial charge in [0.15, 0.2) is 0 Å². The van der Waals surface area contributed by atoms with Gasteiger partial charge in [-0.15, -0.1) is 0 Å². The fourth-order valence-electron chi connectivity index (χ4n) is 2.81. The van der Waals surface area contributed by atoms with Crippen molar-refractivity contribution >= 4 is 11.6 Å². The fourth-order valence-corrected chi connectivity index (χ4v) is 2.81. The van der Waals surface area contributed by atoms with Crippen LogP contribution in [0.15, 0.2) is 28.9 Å². The number of rotatable bonds is 5. The number of piperidine rings is 1. The Morgan fingerprint density at radius 2 is 2.04 bits per heavy atom. The molecule has 1 aliphatic heterocycles. The van der Waals surface area contributed by atoms with Crippen LogP contribution in [0.25, 0.3) is 0 Å². The van der Waals surface area contributed by atoms with Crippen molar-refractivity contribution in [3.63, 3.8) is 0 Å². The zero-order chi connectivity index (χ0) is 16.3. The molecule has 0 amide bonds. The van der Waals surface area contributed by atoms with Gasteiger partial charge in [0.1, 0.15) is 35.1 Å². The van der Waals surface area contributed by atoms with Crippen molar-refractivity contribution in [1.29, 1.82) is 0 Å². The van der Waals surface area contributed by atoms with Gasteiger partial charge in [0.25, 0.3) is 0 Å². The second-order valence-corrected chi connectivity index (χ2v) is 6.35. The van der Waals surface area contributed by atoms with Crippen LogP contribution in [0.2, 0.25) is 0 Å². The molecule has 2 N–H and O–H groups in total. The molecule has 2 aromatic rings. The average Bonchev–Trinajstić information content (AvgIpc) is 3.02. The molecule has 1 saturated heterocycles. The van der Waals surface area contributed by atoms with Crippen molar-refractivity contribution in [2.75, 3.05) is 29.9 Å². The van der Waals surface area contributed by atoms with Crippen molar-refractivity contribution in [3.05, 3.63) is 36.0 Å². The number of aromatic nitrogens is 2. The minimum Gasteiger partial charge on any atom is -0.463 e. The first kappa shape index (κ1) is 15.8. The van der Waals surface area contributed by atoms with E-state index < -0.39 is 5.60 Å². The summed E-state index contributed by atoms with van der Waals surface area (Å²) in [5.74, 6) is 2.99. The number of aryl methyl sites for hydroxylation is 1. The Morgan fingerprint density at radius 1 is 1.26 bits per heavy atom. The normalized spacial score (nSPS) is 17.8. The van der Waals surface area contributed by atoms with Crippen LogP contribution in [-0.4, -0.2) is 34.7 Å². The fraction of sp³-hybridized carbons (Fsp3) is 0.529. The zero-order valence-electron chi connectivity index (χ0n) is 13.7. The van der Waals surface area contributed by atoms with E-state index in [9.17, 15) is 5.11 Å². The lowest BCUT2D eigenvalue weighted by Crippen LogP contribution is -2.31. The van der Waals surface area contributed by atoms with E-state index in [1.54, 1.807) is 19.3 Å². The first-order valence-corrected chi connectivity index (χ1v) is 8.15. The summed E-state index contributed by atoms with van der Waals surface area (Å²) in [7, 11) is 0. The van der Waals surface area contributed by atoms with Crippen LogP contribution in [0.3, 0.4) is 0 Å². The Kier molecular flexibility index (Phi) is 4.52. The van der Waals surface area contributed by atoms with Crippen LogP contribution >= 0.6 is 0 Å². The van der Waals surface area contributed by atoms with Gasteiger partial charge in [-0.3, -0.25) is 0 Å². The molecular formula is C17H24N4O2. The van der Waals surface area contributed by atoms with E-state index in [1.807, 2.05) is 19.1 Å². The van der Waals surface area contributed by atoms with Crippen molar-refractivity contribution < 1.29 is 9.52 Å². The zero-order valence-corrected chi connectivity index (χ0v) is 13.7. The number of hydrogen-bond acceptors (Lipinski definition) is 6. The molecule has 23 heavy (non-hydrogen) atoms. The largest absolute Gasteiger partial charge is 0.463 e. The van der Waals surface area contributed by atoms with Gasteiger partial charge < -0.3 is 19.7 Å². The number of nitrogens with one attached hydrogen (secondary N) is 1. The Hall–Kier alpha value is -2.08. The smallest absolute Gasteiger partial charge is 0.137 e. The van der Waals surface area contributed by atoms with Gasteiger partial charge in [-0.05, 0) is 45.2 Å². The summed E-state index contributed by atoms with van der Waals surface area (Å²) in [5, 5.41) is 13.8. The summed E-state index contributed by atoms with van der Waals surface area (Å²) in [6.45, 7) is 5.99. The van der Waals surface area contributed by atoms with Gasteiger partial charge in [-0.2, -0.15) is 0 Å². The Balaban J connectivity index is 1.66. The maximum absolute atomic E-state index is 10.6. The molecule has 3 heterocycles. The van der Waals surface area contributed by atoms with Gasteiger partial charge >= 0.3 is 0 Å². The van der Waals surface area contributed by atoms with Gasteiger partial charge in [0.2, 0.25) is 0 Å². The molecule has 6 heteroatoms. The summed E-state index contributed by atoms with van der Waals surface area (Å²) >= 11 is 0. The quantitative estimate of drug-likeness (QED) is 0.883. The highest BCUT2D eigenvalue weighted by Crippen LogP contribution is 2.24. The summed E-state index contributed by atoms with van der Waals surface area (Å²) in [5.41, 5.74) is -1.09. The third-order valence-corrected chi connectivity index (χ3v) is 4.22. The Morgan fingerprint density at radius 3 is 2.74 bits per heavy atom. The lowest BCUT2D eigenvalue weighted by molar-refractivity contribution is 0.0467. The number of anilines is 2. The van der Waals surface area contributed by atoms with Crippen LogP contribution in [0.5, 0.6) is 0 Å².